The first-order chi connectivity index (χ1) is 9.26. The Balaban J connectivity index is 1.88. The Hall–Kier alpha value is -1.83. The van der Waals surface area contributed by atoms with Crippen molar-refractivity contribution in [3.05, 3.63) is 41.0 Å². The van der Waals surface area contributed by atoms with Gasteiger partial charge in [0, 0.05) is 16.0 Å². The quantitative estimate of drug-likeness (QED) is 0.551. The fourth-order valence-corrected chi connectivity index (χ4v) is 3.13. The van der Waals surface area contributed by atoms with Crippen molar-refractivity contribution < 1.29 is 0 Å². The minimum absolute atomic E-state index is 0.00148. The standard InChI is InChI=1S/C12H14N6S/c1-18-16-12(15-17-18)7-9(14-13)11-6-8-4-2-3-5-10(8)19-11/h2-6,9,14H,7,13H2,1H3. The van der Waals surface area contributed by atoms with Gasteiger partial charge in [-0.25, -0.2) is 0 Å². The van der Waals surface area contributed by atoms with E-state index in [1.165, 1.54) is 19.8 Å². The summed E-state index contributed by atoms with van der Waals surface area (Å²) in [5, 5.41) is 13.2. The van der Waals surface area contributed by atoms with E-state index in [4.69, 9.17) is 5.84 Å². The SMILES string of the molecule is Cn1nnc(CC(NN)c2cc3ccccc3s2)n1. The number of nitrogens with two attached hydrogens (primary N) is 1. The first-order valence-corrected chi connectivity index (χ1v) is 6.75. The zero-order chi connectivity index (χ0) is 13.2. The van der Waals surface area contributed by atoms with Gasteiger partial charge in [-0.3, -0.25) is 11.3 Å². The van der Waals surface area contributed by atoms with E-state index in [0.717, 1.165) is 0 Å². The van der Waals surface area contributed by atoms with Crippen LogP contribution in [0.3, 0.4) is 0 Å². The zero-order valence-electron chi connectivity index (χ0n) is 10.4. The Kier molecular flexibility index (Phi) is 3.24. The van der Waals surface area contributed by atoms with E-state index in [2.05, 4.69) is 39.0 Å². The van der Waals surface area contributed by atoms with Crippen LogP contribution >= 0.6 is 11.3 Å². The van der Waals surface area contributed by atoms with E-state index in [1.807, 2.05) is 12.1 Å². The number of aromatic nitrogens is 4. The Morgan fingerprint density at radius 2 is 2.26 bits per heavy atom. The Morgan fingerprint density at radius 3 is 2.95 bits per heavy atom. The predicted molar refractivity (Wildman–Crippen MR) is 74.4 cm³/mol. The molecule has 3 N–H and O–H groups in total. The highest BCUT2D eigenvalue weighted by atomic mass is 32.1. The molecule has 7 heteroatoms. The number of hydrazine groups is 1. The molecule has 1 atom stereocenters. The number of aryl methyl sites for hydroxylation is 1. The zero-order valence-corrected chi connectivity index (χ0v) is 11.3. The largest absolute Gasteiger partial charge is 0.271 e. The van der Waals surface area contributed by atoms with Crippen molar-refractivity contribution in [1.29, 1.82) is 0 Å². The maximum Gasteiger partial charge on any atom is 0.176 e. The summed E-state index contributed by atoms with van der Waals surface area (Å²) < 4.78 is 1.25. The van der Waals surface area contributed by atoms with Gasteiger partial charge in [0.25, 0.3) is 0 Å². The average molecular weight is 274 g/mol. The summed E-state index contributed by atoms with van der Waals surface area (Å²) in [5.74, 6) is 6.34. The van der Waals surface area contributed by atoms with Crippen LogP contribution in [0.5, 0.6) is 0 Å². The van der Waals surface area contributed by atoms with Crippen LogP contribution in [0, 0.1) is 0 Å². The first kappa shape index (κ1) is 12.2. The Labute approximate surface area is 114 Å². The molecule has 2 heterocycles. The molecule has 0 bridgehead atoms. The highest BCUT2D eigenvalue weighted by Gasteiger charge is 2.16. The number of hydrogen-bond donors (Lipinski definition) is 2. The normalized spacial score (nSPS) is 12.9. The maximum absolute atomic E-state index is 5.66. The molecule has 0 fully saturated rings. The highest BCUT2D eigenvalue weighted by Crippen LogP contribution is 2.30. The molecule has 98 valence electrons. The maximum atomic E-state index is 5.66. The van der Waals surface area contributed by atoms with Crippen LogP contribution in [0.15, 0.2) is 30.3 Å². The molecule has 19 heavy (non-hydrogen) atoms. The molecule has 1 unspecified atom stereocenters. The lowest BCUT2D eigenvalue weighted by Crippen LogP contribution is -2.29. The molecule has 0 saturated heterocycles. The van der Waals surface area contributed by atoms with Crippen molar-refractivity contribution in [2.75, 3.05) is 0 Å². The summed E-state index contributed by atoms with van der Waals surface area (Å²) in [6, 6.07) is 10.4. The van der Waals surface area contributed by atoms with Crippen LogP contribution in [0.4, 0.5) is 0 Å². The fourth-order valence-electron chi connectivity index (χ4n) is 2.00. The second-order valence-electron chi connectivity index (χ2n) is 4.31. The number of rotatable bonds is 4. The van der Waals surface area contributed by atoms with E-state index < -0.39 is 0 Å². The second-order valence-corrected chi connectivity index (χ2v) is 5.42. The summed E-state index contributed by atoms with van der Waals surface area (Å²) in [4.78, 5) is 2.63. The molecule has 3 rings (SSSR count). The van der Waals surface area contributed by atoms with Gasteiger partial charge < -0.3 is 0 Å². The number of tetrazole rings is 1. The molecule has 0 aliphatic heterocycles. The van der Waals surface area contributed by atoms with Crippen LogP contribution in [0.1, 0.15) is 16.7 Å². The number of thiophene rings is 1. The van der Waals surface area contributed by atoms with Crippen LogP contribution in [-0.4, -0.2) is 20.2 Å². The van der Waals surface area contributed by atoms with Gasteiger partial charge in [0.05, 0.1) is 13.1 Å². The third-order valence-electron chi connectivity index (χ3n) is 2.93. The van der Waals surface area contributed by atoms with Gasteiger partial charge in [-0.15, -0.1) is 21.5 Å². The minimum atomic E-state index is 0.00148. The van der Waals surface area contributed by atoms with Crippen molar-refractivity contribution in [2.45, 2.75) is 12.5 Å². The number of nitrogens with zero attached hydrogens (tertiary/aromatic N) is 4. The lowest BCUT2D eigenvalue weighted by molar-refractivity contribution is 0.544. The Bertz CT molecular complexity index is 655. The van der Waals surface area contributed by atoms with Crippen molar-refractivity contribution in [1.82, 2.24) is 25.6 Å². The van der Waals surface area contributed by atoms with Gasteiger partial charge >= 0.3 is 0 Å². The first-order valence-electron chi connectivity index (χ1n) is 5.94. The molecule has 0 radical (unpaired) electrons. The molecule has 2 aromatic heterocycles. The molecule has 0 aliphatic carbocycles. The smallest absolute Gasteiger partial charge is 0.176 e. The summed E-state index contributed by atoms with van der Waals surface area (Å²) >= 11 is 1.73. The summed E-state index contributed by atoms with van der Waals surface area (Å²) in [5.41, 5.74) is 2.83. The number of hydrogen-bond acceptors (Lipinski definition) is 6. The molecule has 3 aromatic rings. The number of nitrogens with one attached hydrogen (secondary N) is 1. The van der Waals surface area contributed by atoms with Gasteiger partial charge in [-0.05, 0) is 22.7 Å². The van der Waals surface area contributed by atoms with Crippen LogP contribution in [-0.2, 0) is 13.5 Å². The van der Waals surface area contributed by atoms with Crippen LogP contribution in [0.2, 0.25) is 0 Å². The van der Waals surface area contributed by atoms with Crippen LogP contribution in [0.25, 0.3) is 10.1 Å². The molecule has 0 amide bonds. The molecule has 6 nitrogen and oxygen atoms in total. The lowest BCUT2D eigenvalue weighted by Gasteiger charge is -2.11. The predicted octanol–water partition coefficient (Wildman–Crippen LogP) is 1.17. The molecule has 0 aliphatic rings. The molecular weight excluding hydrogens is 260 g/mol. The fraction of sp³-hybridized carbons (Fsp3) is 0.250. The van der Waals surface area contributed by atoms with Gasteiger partial charge in [-0.1, -0.05) is 18.2 Å². The van der Waals surface area contributed by atoms with Crippen molar-refractivity contribution in [3.63, 3.8) is 0 Å². The van der Waals surface area contributed by atoms with Crippen molar-refractivity contribution in [2.24, 2.45) is 12.9 Å². The molecular formula is C12H14N6S. The monoisotopic (exact) mass is 274 g/mol. The van der Waals surface area contributed by atoms with Gasteiger partial charge in [0.15, 0.2) is 5.82 Å². The van der Waals surface area contributed by atoms with Crippen molar-refractivity contribution in [3.8, 4) is 0 Å². The van der Waals surface area contributed by atoms with E-state index >= 15 is 0 Å². The van der Waals surface area contributed by atoms with Crippen molar-refractivity contribution >= 4 is 21.4 Å². The van der Waals surface area contributed by atoms with Gasteiger partial charge in [0.2, 0.25) is 0 Å². The molecule has 0 saturated carbocycles. The summed E-state index contributed by atoms with van der Waals surface area (Å²) in [7, 11) is 1.75. The van der Waals surface area contributed by atoms with Gasteiger partial charge in [-0.2, -0.15) is 4.80 Å². The highest BCUT2D eigenvalue weighted by molar-refractivity contribution is 7.19. The summed E-state index contributed by atoms with van der Waals surface area (Å²) in [6.07, 6.45) is 0.622. The Morgan fingerprint density at radius 1 is 1.42 bits per heavy atom. The topological polar surface area (TPSA) is 81.7 Å². The summed E-state index contributed by atoms with van der Waals surface area (Å²) in [6.45, 7) is 0. The molecule has 0 spiro atoms. The van der Waals surface area contributed by atoms with Crippen LogP contribution < -0.4 is 11.3 Å². The van der Waals surface area contributed by atoms with Gasteiger partial charge in [0.1, 0.15) is 0 Å². The molecule has 1 aromatic carbocycles. The van der Waals surface area contributed by atoms with E-state index in [1.54, 1.807) is 18.4 Å². The third-order valence-corrected chi connectivity index (χ3v) is 4.16. The second kappa shape index (κ2) is 5.04. The third kappa shape index (κ3) is 2.48. The minimum Gasteiger partial charge on any atom is -0.271 e. The van der Waals surface area contributed by atoms with E-state index in [9.17, 15) is 0 Å². The average Bonchev–Trinajstić information content (AvgIpc) is 3.01. The van der Waals surface area contributed by atoms with E-state index in [0.29, 0.717) is 12.2 Å². The lowest BCUT2D eigenvalue weighted by atomic mass is 10.1. The number of benzene rings is 1. The number of fused-ring (bicyclic) bond motifs is 1. The van der Waals surface area contributed by atoms with E-state index in [-0.39, 0.29) is 6.04 Å².